The Morgan fingerprint density at radius 1 is 1.31 bits per heavy atom. The molecule has 1 aromatic carbocycles. The van der Waals surface area contributed by atoms with Gasteiger partial charge in [0.25, 0.3) is 0 Å². The Kier molecular flexibility index (Phi) is 2.81. The molecule has 2 rings (SSSR count). The normalized spacial score (nSPS) is 20.1. The minimum Gasteiger partial charge on any atom is -0.437 e. The molecule has 1 aromatic rings. The summed E-state index contributed by atoms with van der Waals surface area (Å²) in [4.78, 5) is 6.30. The van der Waals surface area contributed by atoms with Gasteiger partial charge in [-0.05, 0) is 19.1 Å². The number of aliphatic imine (C=N–C) groups is 1. The molecule has 1 aliphatic heterocycles. The van der Waals surface area contributed by atoms with Gasteiger partial charge in [0.1, 0.15) is 17.6 Å². The molecule has 1 aliphatic rings. The van der Waals surface area contributed by atoms with Crippen LogP contribution in [0.1, 0.15) is 6.92 Å². The molecule has 4 heteroatoms. The van der Waals surface area contributed by atoms with Crippen LogP contribution in [0.4, 0.5) is 0 Å². The highest BCUT2D eigenvalue weighted by atomic mass is 16.5. The van der Waals surface area contributed by atoms with Crippen LogP contribution in [-0.4, -0.2) is 24.0 Å². The molecule has 1 heterocycles. The minimum atomic E-state index is 0.0472. The Hall–Kier alpha value is -1.97. The van der Waals surface area contributed by atoms with Gasteiger partial charge in [0.05, 0.1) is 0 Å². The highest BCUT2D eigenvalue weighted by Crippen LogP contribution is 2.14. The van der Waals surface area contributed by atoms with E-state index in [9.17, 15) is 0 Å². The number of hydrogen-bond acceptors (Lipinski definition) is 4. The van der Waals surface area contributed by atoms with Crippen LogP contribution in [0.5, 0.6) is 5.75 Å². The molecule has 0 radical (unpaired) electrons. The smallest absolute Gasteiger partial charge is 0.241 e. The van der Waals surface area contributed by atoms with Crippen LogP contribution in [-0.2, 0) is 0 Å². The summed E-state index contributed by atoms with van der Waals surface area (Å²) in [5.41, 5.74) is 6.39. The molecule has 1 atom stereocenters. The minimum absolute atomic E-state index is 0.0472. The third-order valence-corrected chi connectivity index (χ3v) is 2.44. The van der Waals surface area contributed by atoms with Crippen molar-refractivity contribution in [1.82, 2.24) is 4.90 Å². The standard InChI is InChI=1S/C12H15N3O/c1-9-14-12(11(13)8-15(9)2)16-10-6-4-3-5-7-10/h3-9H,13H2,1-2H3. The van der Waals surface area contributed by atoms with Gasteiger partial charge in [-0.3, -0.25) is 0 Å². The first-order valence-electron chi connectivity index (χ1n) is 5.17. The fourth-order valence-corrected chi connectivity index (χ4v) is 1.40. The maximum absolute atomic E-state index is 5.84. The summed E-state index contributed by atoms with van der Waals surface area (Å²) < 4.78 is 5.62. The molecule has 84 valence electrons. The van der Waals surface area contributed by atoms with Gasteiger partial charge in [0, 0.05) is 13.2 Å². The number of hydrogen-bond donors (Lipinski definition) is 1. The van der Waals surface area contributed by atoms with E-state index in [-0.39, 0.29) is 6.17 Å². The van der Waals surface area contributed by atoms with Crippen molar-refractivity contribution in [2.24, 2.45) is 10.7 Å². The van der Waals surface area contributed by atoms with E-state index >= 15 is 0 Å². The van der Waals surface area contributed by atoms with Crippen LogP contribution in [0, 0.1) is 0 Å². The molecule has 4 nitrogen and oxygen atoms in total. The third kappa shape index (κ3) is 2.16. The monoisotopic (exact) mass is 217 g/mol. The van der Waals surface area contributed by atoms with Crippen molar-refractivity contribution >= 4 is 5.90 Å². The van der Waals surface area contributed by atoms with E-state index in [1.807, 2.05) is 55.4 Å². The van der Waals surface area contributed by atoms with Crippen LogP contribution in [0.2, 0.25) is 0 Å². The number of benzene rings is 1. The van der Waals surface area contributed by atoms with Gasteiger partial charge in [-0.2, -0.15) is 0 Å². The Balaban J connectivity index is 2.17. The van der Waals surface area contributed by atoms with Crippen LogP contribution < -0.4 is 10.5 Å². The fourth-order valence-electron chi connectivity index (χ4n) is 1.40. The second kappa shape index (κ2) is 4.26. The number of rotatable bonds is 1. The van der Waals surface area contributed by atoms with Crippen molar-refractivity contribution in [3.63, 3.8) is 0 Å². The van der Waals surface area contributed by atoms with E-state index < -0.39 is 0 Å². The molecule has 0 saturated heterocycles. The van der Waals surface area contributed by atoms with Crippen LogP contribution >= 0.6 is 0 Å². The molecule has 0 bridgehead atoms. The third-order valence-electron chi connectivity index (χ3n) is 2.44. The molecule has 0 spiro atoms. The van der Waals surface area contributed by atoms with E-state index in [2.05, 4.69) is 4.99 Å². The quantitative estimate of drug-likeness (QED) is 0.776. The van der Waals surface area contributed by atoms with Crippen molar-refractivity contribution < 1.29 is 4.74 Å². The first-order valence-corrected chi connectivity index (χ1v) is 5.17. The molecular weight excluding hydrogens is 202 g/mol. The van der Waals surface area contributed by atoms with Crippen molar-refractivity contribution in [1.29, 1.82) is 0 Å². The van der Waals surface area contributed by atoms with E-state index in [1.165, 1.54) is 0 Å². The average Bonchev–Trinajstić information content (AvgIpc) is 2.27. The molecule has 2 N–H and O–H groups in total. The van der Waals surface area contributed by atoms with Gasteiger partial charge in [-0.25, -0.2) is 4.99 Å². The lowest BCUT2D eigenvalue weighted by atomic mass is 10.3. The van der Waals surface area contributed by atoms with Gasteiger partial charge < -0.3 is 15.4 Å². The second-order valence-corrected chi connectivity index (χ2v) is 3.73. The SMILES string of the molecule is CC1N=C(Oc2ccccc2)C(N)=CN1C. The largest absolute Gasteiger partial charge is 0.437 e. The summed E-state index contributed by atoms with van der Waals surface area (Å²) >= 11 is 0. The molecule has 0 fully saturated rings. The summed E-state index contributed by atoms with van der Waals surface area (Å²) in [6.07, 6.45) is 1.88. The van der Waals surface area contributed by atoms with Crippen molar-refractivity contribution in [3.05, 3.63) is 42.2 Å². The zero-order chi connectivity index (χ0) is 11.5. The van der Waals surface area contributed by atoms with Gasteiger partial charge >= 0.3 is 0 Å². The highest BCUT2D eigenvalue weighted by Gasteiger charge is 2.17. The topological polar surface area (TPSA) is 50.9 Å². The zero-order valence-electron chi connectivity index (χ0n) is 9.42. The van der Waals surface area contributed by atoms with Gasteiger partial charge in [-0.15, -0.1) is 0 Å². The summed E-state index contributed by atoms with van der Waals surface area (Å²) in [6.45, 7) is 1.98. The van der Waals surface area contributed by atoms with Gasteiger partial charge in [0.15, 0.2) is 0 Å². The number of para-hydroxylation sites is 1. The van der Waals surface area contributed by atoms with Crippen molar-refractivity contribution in [2.45, 2.75) is 13.1 Å². The first kappa shape index (κ1) is 10.5. The number of ether oxygens (including phenoxy) is 1. The van der Waals surface area contributed by atoms with E-state index in [0.29, 0.717) is 11.6 Å². The number of nitrogens with zero attached hydrogens (tertiary/aromatic N) is 2. The lowest BCUT2D eigenvalue weighted by Gasteiger charge is -2.25. The molecule has 0 amide bonds. The van der Waals surface area contributed by atoms with Gasteiger partial charge in [-0.1, -0.05) is 18.2 Å². The van der Waals surface area contributed by atoms with E-state index in [1.54, 1.807) is 0 Å². The predicted molar refractivity (Wildman–Crippen MR) is 64.0 cm³/mol. The lowest BCUT2D eigenvalue weighted by Crippen LogP contribution is -2.33. The molecule has 0 aliphatic carbocycles. The predicted octanol–water partition coefficient (Wildman–Crippen LogP) is 1.56. The zero-order valence-corrected chi connectivity index (χ0v) is 9.42. The second-order valence-electron chi connectivity index (χ2n) is 3.73. The Labute approximate surface area is 95.0 Å². The molecule has 0 saturated carbocycles. The van der Waals surface area contributed by atoms with E-state index in [0.717, 1.165) is 5.75 Å². The molecule has 0 aromatic heterocycles. The molecular formula is C12H15N3O. The van der Waals surface area contributed by atoms with Crippen molar-refractivity contribution in [2.75, 3.05) is 7.05 Å². The maximum Gasteiger partial charge on any atom is 0.241 e. The first-order chi connectivity index (χ1) is 7.66. The van der Waals surface area contributed by atoms with Gasteiger partial charge in [0.2, 0.25) is 5.90 Å². The highest BCUT2D eigenvalue weighted by molar-refractivity contribution is 5.94. The summed E-state index contributed by atoms with van der Waals surface area (Å²) in [7, 11) is 1.93. The summed E-state index contributed by atoms with van der Waals surface area (Å²) in [5, 5.41) is 0. The maximum atomic E-state index is 5.84. The molecule has 16 heavy (non-hydrogen) atoms. The Bertz CT molecular complexity index is 425. The summed E-state index contributed by atoms with van der Waals surface area (Å²) in [5.74, 6) is 1.23. The lowest BCUT2D eigenvalue weighted by molar-refractivity contribution is 0.344. The van der Waals surface area contributed by atoms with Crippen molar-refractivity contribution in [3.8, 4) is 5.75 Å². The van der Waals surface area contributed by atoms with Crippen LogP contribution in [0.3, 0.4) is 0 Å². The van der Waals surface area contributed by atoms with Crippen LogP contribution in [0.25, 0.3) is 0 Å². The summed E-state index contributed by atoms with van der Waals surface area (Å²) in [6, 6.07) is 9.51. The van der Waals surface area contributed by atoms with Crippen LogP contribution in [0.15, 0.2) is 47.2 Å². The average molecular weight is 217 g/mol. The fraction of sp³-hybridized carbons (Fsp3) is 0.250. The molecule has 1 unspecified atom stereocenters. The van der Waals surface area contributed by atoms with E-state index in [4.69, 9.17) is 10.5 Å². The Morgan fingerprint density at radius 2 is 2.00 bits per heavy atom. The Morgan fingerprint density at radius 3 is 2.69 bits per heavy atom. The number of nitrogens with two attached hydrogens (primary N) is 1.